The second kappa shape index (κ2) is 5.99. The zero-order valence-electron chi connectivity index (χ0n) is 10.7. The van der Waals surface area contributed by atoms with Crippen molar-refractivity contribution in [2.45, 2.75) is 6.54 Å². The third-order valence-electron chi connectivity index (χ3n) is 2.76. The predicted octanol–water partition coefficient (Wildman–Crippen LogP) is 1.72. The summed E-state index contributed by atoms with van der Waals surface area (Å²) in [6.07, 6.45) is 0. The van der Waals surface area contributed by atoms with Crippen LogP contribution < -0.4 is 11.5 Å². The quantitative estimate of drug-likeness (QED) is 0.503. The molecule has 0 saturated carbocycles. The number of carbonyl (C=O) groups is 2. The van der Waals surface area contributed by atoms with E-state index in [1.54, 1.807) is 36.4 Å². The number of hydrogen-bond donors (Lipinski definition) is 2. The summed E-state index contributed by atoms with van der Waals surface area (Å²) in [5.74, 6) is -1.41. The molecule has 0 aliphatic heterocycles. The molecule has 0 amide bonds. The fourth-order valence-corrected chi connectivity index (χ4v) is 1.60. The molecule has 0 aliphatic rings. The highest BCUT2D eigenvalue weighted by Crippen LogP contribution is 2.10. The number of anilines is 1. The van der Waals surface area contributed by atoms with Crippen LogP contribution in [-0.2, 0) is 11.3 Å². The van der Waals surface area contributed by atoms with Crippen molar-refractivity contribution in [3.8, 4) is 0 Å². The highest BCUT2D eigenvalue weighted by molar-refractivity contribution is 6.02. The summed E-state index contributed by atoms with van der Waals surface area (Å²) in [7, 11) is 0. The Balaban J connectivity index is 2.06. The molecule has 0 saturated heterocycles. The van der Waals surface area contributed by atoms with Crippen LogP contribution in [0.5, 0.6) is 0 Å². The summed E-state index contributed by atoms with van der Waals surface area (Å²) in [5, 5.41) is 0. The summed E-state index contributed by atoms with van der Waals surface area (Å²) in [4.78, 5) is 23.6. The van der Waals surface area contributed by atoms with Crippen molar-refractivity contribution in [1.29, 1.82) is 0 Å². The van der Waals surface area contributed by atoms with E-state index in [1.807, 2.05) is 0 Å². The van der Waals surface area contributed by atoms with Crippen LogP contribution in [0.1, 0.15) is 26.3 Å². The Labute approximate surface area is 116 Å². The van der Waals surface area contributed by atoms with Crippen LogP contribution in [0.25, 0.3) is 0 Å². The van der Waals surface area contributed by atoms with Crippen molar-refractivity contribution in [3.63, 3.8) is 0 Å². The van der Waals surface area contributed by atoms with Crippen molar-refractivity contribution in [2.75, 3.05) is 5.73 Å². The molecule has 4 N–H and O–H groups in total. The molecular formula is C15H14N2O3. The van der Waals surface area contributed by atoms with E-state index in [1.165, 1.54) is 12.1 Å². The maximum absolute atomic E-state index is 11.8. The van der Waals surface area contributed by atoms with Gasteiger partial charge < -0.3 is 16.2 Å². The van der Waals surface area contributed by atoms with Crippen molar-refractivity contribution in [1.82, 2.24) is 0 Å². The van der Waals surface area contributed by atoms with Crippen LogP contribution in [0.4, 0.5) is 5.69 Å². The maximum Gasteiger partial charge on any atom is 0.346 e. The minimum Gasteiger partial charge on any atom is -0.399 e. The normalized spacial score (nSPS) is 10.1. The van der Waals surface area contributed by atoms with E-state index >= 15 is 0 Å². The van der Waals surface area contributed by atoms with Gasteiger partial charge in [0.15, 0.2) is 0 Å². The molecular weight excluding hydrogens is 256 g/mol. The molecule has 20 heavy (non-hydrogen) atoms. The standard InChI is InChI=1S/C15H14N2O3/c16-9-10-1-3-11(4-2-10)14(18)20-15(19)12-5-7-13(17)8-6-12/h1-8H,9,16-17H2. The average Bonchev–Trinajstić information content (AvgIpc) is 2.48. The van der Waals surface area contributed by atoms with Gasteiger partial charge in [0.2, 0.25) is 0 Å². The molecule has 102 valence electrons. The Hall–Kier alpha value is -2.66. The minimum absolute atomic E-state index is 0.270. The van der Waals surface area contributed by atoms with Crippen molar-refractivity contribution < 1.29 is 14.3 Å². The Kier molecular flexibility index (Phi) is 4.12. The Morgan fingerprint density at radius 2 is 1.30 bits per heavy atom. The molecule has 2 rings (SSSR count). The highest BCUT2D eigenvalue weighted by atomic mass is 16.6. The van der Waals surface area contributed by atoms with Crippen molar-refractivity contribution in [3.05, 3.63) is 65.2 Å². The number of nitrogen functional groups attached to an aromatic ring is 1. The monoisotopic (exact) mass is 270 g/mol. The van der Waals surface area contributed by atoms with E-state index in [0.29, 0.717) is 17.8 Å². The average molecular weight is 270 g/mol. The van der Waals surface area contributed by atoms with Gasteiger partial charge in [-0.25, -0.2) is 9.59 Å². The van der Waals surface area contributed by atoms with E-state index in [4.69, 9.17) is 16.2 Å². The van der Waals surface area contributed by atoms with Gasteiger partial charge in [0.05, 0.1) is 11.1 Å². The number of nitrogens with two attached hydrogens (primary N) is 2. The lowest BCUT2D eigenvalue weighted by Gasteiger charge is -2.04. The topological polar surface area (TPSA) is 95.4 Å². The van der Waals surface area contributed by atoms with Crippen LogP contribution in [0.3, 0.4) is 0 Å². The first-order valence-electron chi connectivity index (χ1n) is 6.01. The smallest absolute Gasteiger partial charge is 0.346 e. The van der Waals surface area contributed by atoms with Crippen LogP contribution in [0.2, 0.25) is 0 Å². The van der Waals surface area contributed by atoms with Gasteiger partial charge in [-0.2, -0.15) is 0 Å². The van der Waals surface area contributed by atoms with Gasteiger partial charge in [-0.05, 0) is 42.0 Å². The number of carbonyl (C=O) groups excluding carboxylic acids is 2. The molecule has 0 fully saturated rings. The Morgan fingerprint density at radius 3 is 1.75 bits per heavy atom. The molecule has 0 aliphatic carbocycles. The number of ether oxygens (including phenoxy) is 1. The minimum atomic E-state index is -0.710. The third kappa shape index (κ3) is 3.21. The number of rotatable bonds is 3. The Bertz CT molecular complexity index is 619. The summed E-state index contributed by atoms with van der Waals surface area (Å²) < 4.78 is 4.79. The van der Waals surface area contributed by atoms with E-state index in [2.05, 4.69) is 0 Å². The van der Waals surface area contributed by atoms with E-state index in [-0.39, 0.29) is 5.56 Å². The van der Waals surface area contributed by atoms with E-state index in [0.717, 1.165) is 5.56 Å². The fourth-order valence-electron chi connectivity index (χ4n) is 1.60. The Morgan fingerprint density at radius 1 is 0.850 bits per heavy atom. The summed E-state index contributed by atoms with van der Waals surface area (Å²) in [6, 6.07) is 12.7. The van der Waals surface area contributed by atoms with E-state index in [9.17, 15) is 9.59 Å². The predicted molar refractivity (Wildman–Crippen MR) is 74.9 cm³/mol. The zero-order chi connectivity index (χ0) is 14.5. The zero-order valence-corrected chi connectivity index (χ0v) is 10.7. The van der Waals surface area contributed by atoms with Crippen molar-refractivity contribution >= 4 is 17.6 Å². The van der Waals surface area contributed by atoms with Crippen LogP contribution in [0.15, 0.2) is 48.5 Å². The van der Waals surface area contributed by atoms with Gasteiger partial charge in [0.1, 0.15) is 0 Å². The largest absolute Gasteiger partial charge is 0.399 e. The molecule has 5 nitrogen and oxygen atoms in total. The summed E-state index contributed by atoms with van der Waals surface area (Å²) in [6.45, 7) is 0.389. The highest BCUT2D eigenvalue weighted by Gasteiger charge is 2.14. The number of hydrogen-bond acceptors (Lipinski definition) is 5. The molecule has 0 unspecified atom stereocenters. The first kappa shape index (κ1) is 13.8. The molecule has 0 heterocycles. The molecule has 0 aromatic heterocycles. The van der Waals surface area contributed by atoms with Crippen LogP contribution >= 0.6 is 0 Å². The first-order valence-corrected chi connectivity index (χ1v) is 6.01. The van der Waals surface area contributed by atoms with Gasteiger partial charge in [0.25, 0.3) is 0 Å². The third-order valence-corrected chi connectivity index (χ3v) is 2.76. The molecule has 2 aromatic carbocycles. The molecule has 0 bridgehead atoms. The summed E-state index contributed by atoms with van der Waals surface area (Å²) >= 11 is 0. The van der Waals surface area contributed by atoms with Crippen LogP contribution in [0, 0.1) is 0 Å². The van der Waals surface area contributed by atoms with Gasteiger partial charge in [-0.1, -0.05) is 12.1 Å². The van der Waals surface area contributed by atoms with Gasteiger partial charge in [-0.15, -0.1) is 0 Å². The lowest BCUT2D eigenvalue weighted by atomic mass is 10.1. The molecule has 2 aromatic rings. The summed E-state index contributed by atoms with van der Waals surface area (Å²) in [5.41, 5.74) is 13.0. The van der Waals surface area contributed by atoms with Gasteiger partial charge in [-0.3, -0.25) is 0 Å². The number of esters is 2. The second-order valence-corrected chi connectivity index (χ2v) is 4.20. The van der Waals surface area contributed by atoms with E-state index < -0.39 is 11.9 Å². The fraction of sp³-hybridized carbons (Fsp3) is 0.0667. The lowest BCUT2D eigenvalue weighted by molar-refractivity contribution is 0.0398. The number of benzene rings is 2. The first-order chi connectivity index (χ1) is 9.60. The lowest BCUT2D eigenvalue weighted by Crippen LogP contribution is -2.13. The van der Waals surface area contributed by atoms with Crippen LogP contribution in [-0.4, -0.2) is 11.9 Å². The van der Waals surface area contributed by atoms with Gasteiger partial charge >= 0.3 is 11.9 Å². The molecule has 0 radical (unpaired) electrons. The molecule has 0 spiro atoms. The maximum atomic E-state index is 11.8. The van der Waals surface area contributed by atoms with Crippen molar-refractivity contribution in [2.24, 2.45) is 5.73 Å². The molecule has 0 atom stereocenters. The van der Waals surface area contributed by atoms with Gasteiger partial charge in [0, 0.05) is 12.2 Å². The molecule has 5 heteroatoms. The SMILES string of the molecule is NCc1ccc(C(=O)OC(=O)c2ccc(N)cc2)cc1. The second-order valence-electron chi connectivity index (χ2n) is 4.20.